The summed E-state index contributed by atoms with van der Waals surface area (Å²) in [7, 11) is 0. The van der Waals surface area contributed by atoms with Crippen molar-refractivity contribution < 1.29 is 18.0 Å². The summed E-state index contributed by atoms with van der Waals surface area (Å²) in [5.41, 5.74) is 0.567. The lowest BCUT2D eigenvalue weighted by Crippen LogP contribution is -2.13. The summed E-state index contributed by atoms with van der Waals surface area (Å²) in [4.78, 5) is 15.4. The number of pyridine rings is 1. The number of halogens is 3. The van der Waals surface area contributed by atoms with E-state index in [2.05, 4.69) is 10.3 Å². The van der Waals surface area contributed by atoms with Crippen molar-refractivity contribution in [3.63, 3.8) is 0 Å². The van der Waals surface area contributed by atoms with Crippen LogP contribution >= 0.6 is 0 Å². The molecule has 6 heteroatoms. The predicted molar refractivity (Wildman–Crippen MR) is 68.4 cm³/mol. The second-order valence-corrected chi connectivity index (χ2v) is 4.25. The fraction of sp³-hybridized carbons (Fsp3) is 0.143. The van der Waals surface area contributed by atoms with Gasteiger partial charge in [-0.1, -0.05) is 17.7 Å². The van der Waals surface area contributed by atoms with Crippen LogP contribution in [0.25, 0.3) is 0 Å². The molecule has 0 atom stereocenters. The van der Waals surface area contributed by atoms with E-state index in [1.165, 1.54) is 0 Å². The minimum Gasteiger partial charge on any atom is -0.307 e. The van der Waals surface area contributed by atoms with Crippen molar-refractivity contribution in [2.24, 2.45) is 0 Å². The van der Waals surface area contributed by atoms with Gasteiger partial charge in [0, 0.05) is 11.8 Å². The van der Waals surface area contributed by atoms with Gasteiger partial charge in [-0.3, -0.25) is 4.79 Å². The number of rotatable bonds is 2. The van der Waals surface area contributed by atoms with Gasteiger partial charge in [0.2, 0.25) is 0 Å². The molecule has 2 rings (SSSR count). The number of alkyl halides is 3. The van der Waals surface area contributed by atoms with Crippen LogP contribution in [0.4, 0.5) is 19.0 Å². The Hall–Kier alpha value is -2.37. The maximum Gasteiger partial charge on any atom is 0.417 e. The molecule has 1 heterocycles. The Balaban J connectivity index is 2.10. The van der Waals surface area contributed by atoms with E-state index in [1.807, 2.05) is 6.92 Å². The van der Waals surface area contributed by atoms with Crippen molar-refractivity contribution in [2.45, 2.75) is 13.1 Å². The molecule has 0 saturated heterocycles. The predicted octanol–water partition coefficient (Wildman–Crippen LogP) is 3.66. The third-order valence-electron chi connectivity index (χ3n) is 2.65. The van der Waals surface area contributed by atoms with Gasteiger partial charge >= 0.3 is 6.18 Å². The third kappa shape index (κ3) is 3.34. The average molecular weight is 280 g/mol. The average Bonchev–Trinajstić information content (AvgIpc) is 2.39. The number of nitrogens with zero attached hydrogens (tertiary/aromatic N) is 1. The highest BCUT2D eigenvalue weighted by molar-refractivity contribution is 6.03. The van der Waals surface area contributed by atoms with Gasteiger partial charge < -0.3 is 5.32 Å². The van der Waals surface area contributed by atoms with Crippen molar-refractivity contribution >= 4 is 11.7 Å². The summed E-state index contributed by atoms with van der Waals surface area (Å²) in [5, 5.41) is 2.44. The lowest BCUT2D eigenvalue weighted by molar-refractivity contribution is -0.137. The molecule has 1 N–H and O–H groups in total. The first-order chi connectivity index (χ1) is 9.36. The van der Waals surface area contributed by atoms with E-state index in [1.54, 1.807) is 24.3 Å². The number of aryl methyl sites for hydroxylation is 1. The number of aromatic nitrogens is 1. The van der Waals surface area contributed by atoms with Crippen LogP contribution in [-0.2, 0) is 6.18 Å². The van der Waals surface area contributed by atoms with E-state index in [4.69, 9.17) is 0 Å². The molecule has 0 saturated carbocycles. The number of carbonyl (C=O) groups excluding carboxylic acids is 1. The molecule has 0 aliphatic carbocycles. The zero-order valence-electron chi connectivity index (χ0n) is 10.5. The molecule has 104 valence electrons. The number of benzene rings is 1. The minimum absolute atomic E-state index is 0.0728. The Morgan fingerprint density at radius 2 is 1.75 bits per heavy atom. The summed E-state index contributed by atoms with van der Waals surface area (Å²) in [5.74, 6) is -0.346. The monoisotopic (exact) mass is 280 g/mol. The first-order valence-corrected chi connectivity index (χ1v) is 5.77. The molecule has 2 aromatic rings. The Labute approximate surface area is 113 Å². The number of hydrogen-bond acceptors (Lipinski definition) is 2. The fourth-order valence-electron chi connectivity index (χ4n) is 1.53. The lowest BCUT2D eigenvalue weighted by atomic mass is 10.1. The second kappa shape index (κ2) is 5.32. The highest BCUT2D eigenvalue weighted by atomic mass is 19.4. The maximum absolute atomic E-state index is 12.4. The van der Waals surface area contributed by atoms with E-state index in [9.17, 15) is 18.0 Å². The van der Waals surface area contributed by atoms with Crippen LogP contribution in [0.15, 0.2) is 42.6 Å². The molecule has 0 radical (unpaired) electrons. The van der Waals surface area contributed by atoms with Crippen LogP contribution in [0.1, 0.15) is 21.5 Å². The van der Waals surface area contributed by atoms with Crippen LogP contribution in [0, 0.1) is 6.92 Å². The van der Waals surface area contributed by atoms with Crippen LogP contribution in [0.2, 0.25) is 0 Å². The van der Waals surface area contributed by atoms with E-state index < -0.39 is 17.6 Å². The van der Waals surface area contributed by atoms with Gasteiger partial charge in [-0.05, 0) is 31.2 Å². The molecule has 1 aromatic heterocycles. The number of carbonyl (C=O) groups is 1. The van der Waals surface area contributed by atoms with Gasteiger partial charge in [0.25, 0.3) is 5.91 Å². The van der Waals surface area contributed by atoms with Crippen molar-refractivity contribution in [1.29, 1.82) is 0 Å². The van der Waals surface area contributed by atoms with Crippen molar-refractivity contribution in [2.75, 3.05) is 5.32 Å². The molecule has 0 fully saturated rings. The zero-order chi connectivity index (χ0) is 14.8. The van der Waals surface area contributed by atoms with Gasteiger partial charge in [0.05, 0.1) is 5.56 Å². The van der Waals surface area contributed by atoms with Crippen molar-refractivity contribution in [1.82, 2.24) is 4.98 Å². The number of anilines is 1. The molecule has 0 aliphatic rings. The summed E-state index contributed by atoms with van der Waals surface area (Å²) in [6.07, 6.45) is -3.75. The number of amides is 1. The molecule has 0 unspecified atom stereocenters. The van der Waals surface area contributed by atoms with Gasteiger partial charge in [0.1, 0.15) is 5.82 Å². The molecule has 20 heavy (non-hydrogen) atoms. The molecule has 0 bridgehead atoms. The first kappa shape index (κ1) is 14.0. The Kier molecular flexibility index (Phi) is 3.74. The van der Waals surface area contributed by atoms with Gasteiger partial charge in [-0.15, -0.1) is 0 Å². The summed E-state index contributed by atoms with van der Waals surface area (Å²) >= 11 is 0. The fourth-order valence-corrected chi connectivity index (χ4v) is 1.53. The van der Waals surface area contributed by atoms with Gasteiger partial charge in [0.15, 0.2) is 0 Å². The van der Waals surface area contributed by atoms with Crippen molar-refractivity contribution in [3.8, 4) is 0 Å². The highest BCUT2D eigenvalue weighted by Gasteiger charge is 2.30. The Morgan fingerprint density at radius 1 is 1.10 bits per heavy atom. The second-order valence-electron chi connectivity index (χ2n) is 4.25. The van der Waals surface area contributed by atoms with E-state index in [0.29, 0.717) is 11.8 Å². The summed E-state index contributed by atoms with van der Waals surface area (Å²) < 4.78 is 37.1. The number of nitrogens with one attached hydrogen (secondary N) is 1. The molecule has 0 spiro atoms. The summed E-state index contributed by atoms with van der Waals surface area (Å²) in [6, 6.07) is 8.81. The highest BCUT2D eigenvalue weighted by Crippen LogP contribution is 2.28. The van der Waals surface area contributed by atoms with Gasteiger partial charge in [-0.2, -0.15) is 13.2 Å². The molecular formula is C14H11F3N2O. The molecule has 1 aromatic carbocycles. The van der Waals surface area contributed by atoms with Crippen molar-refractivity contribution in [3.05, 3.63) is 59.3 Å². The van der Waals surface area contributed by atoms with E-state index in [-0.39, 0.29) is 5.82 Å². The van der Waals surface area contributed by atoms with E-state index >= 15 is 0 Å². The Bertz CT molecular complexity index is 604. The third-order valence-corrected chi connectivity index (χ3v) is 2.65. The normalized spacial score (nSPS) is 11.2. The first-order valence-electron chi connectivity index (χ1n) is 5.77. The van der Waals surface area contributed by atoms with Crippen LogP contribution in [0.3, 0.4) is 0 Å². The largest absolute Gasteiger partial charge is 0.417 e. The molecule has 1 amide bonds. The SMILES string of the molecule is Cc1ccc(C(=O)Nc2ccc(C(F)(F)F)cn2)cc1. The molecule has 0 aliphatic heterocycles. The number of hydrogen-bond donors (Lipinski definition) is 1. The van der Waals surface area contributed by atoms with Gasteiger partial charge in [-0.25, -0.2) is 4.98 Å². The van der Waals surface area contributed by atoms with E-state index in [0.717, 1.165) is 17.7 Å². The Morgan fingerprint density at radius 3 is 2.25 bits per heavy atom. The van der Waals surface area contributed by atoms with Crippen LogP contribution in [-0.4, -0.2) is 10.9 Å². The standard InChI is InChI=1S/C14H11F3N2O/c1-9-2-4-10(5-3-9)13(20)19-12-7-6-11(8-18-12)14(15,16)17/h2-8H,1H3,(H,18,19,20). The lowest BCUT2D eigenvalue weighted by Gasteiger charge is -2.08. The molecular weight excluding hydrogens is 269 g/mol. The topological polar surface area (TPSA) is 42.0 Å². The summed E-state index contributed by atoms with van der Waals surface area (Å²) in [6.45, 7) is 1.89. The maximum atomic E-state index is 12.4. The smallest absolute Gasteiger partial charge is 0.307 e. The zero-order valence-corrected chi connectivity index (χ0v) is 10.5. The van der Waals surface area contributed by atoms with Crippen LogP contribution in [0.5, 0.6) is 0 Å². The minimum atomic E-state index is -4.44. The molecule has 3 nitrogen and oxygen atoms in total. The van der Waals surface area contributed by atoms with Crippen LogP contribution < -0.4 is 5.32 Å². The quantitative estimate of drug-likeness (QED) is 0.912.